The first-order valence-electron chi connectivity index (χ1n) is 6.73. The van der Waals surface area contributed by atoms with Crippen LogP contribution >= 0.6 is 0 Å². The van der Waals surface area contributed by atoms with E-state index in [4.69, 9.17) is 5.11 Å². The molecule has 6 heteroatoms. The Morgan fingerprint density at radius 1 is 1.25 bits per heavy atom. The van der Waals surface area contributed by atoms with Crippen molar-refractivity contribution in [2.24, 2.45) is 0 Å². The SMILES string of the molecule is OCCCn1cc(CNCC(O)c2ccccc2)nn1. The molecule has 0 saturated carbocycles. The second kappa shape index (κ2) is 7.74. The zero-order valence-electron chi connectivity index (χ0n) is 11.3. The Morgan fingerprint density at radius 3 is 2.80 bits per heavy atom. The van der Waals surface area contributed by atoms with Crippen LogP contribution in [0.15, 0.2) is 36.5 Å². The molecule has 0 aliphatic carbocycles. The lowest BCUT2D eigenvalue weighted by Gasteiger charge is -2.11. The van der Waals surface area contributed by atoms with Crippen molar-refractivity contribution in [2.45, 2.75) is 25.6 Å². The van der Waals surface area contributed by atoms with E-state index < -0.39 is 6.10 Å². The van der Waals surface area contributed by atoms with Gasteiger partial charge in [0.05, 0.1) is 11.8 Å². The van der Waals surface area contributed by atoms with Gasteiger partial charge in [0.25, 0.3) is 0 Å². The molecular weight excluding hydrogens is 256 g/mol. The predicted molar refractivity (Wildman–Crippen MR) is 74.8 cm³/mol. The van der Waals surface area contributed by atoms with Crippen LogP contribution in [0.5, 0.6) is 0 Å². The highest BCUT2D eigenvalue weighted by Crippen LogP contribution is 2.10. The highest BCUT2D eigenvalue weighted by Gasteiger charge is 2.07. The molecule has 1 unspecified atom stereocenters. The lowest BCUT2D eigenvalue weighted by Crippen LogP contribution is -2.21. The molecule has 0 aliphatic heterocycles. The molecule has 0 bridgehead atoms. The molecule has 1 heterocycles. The largest absolute Gasteiger partial charge is 0.396 e. The van der Waals surface area contributed by atoms with Crippen molar-refractivity contribution in [2.75, 3.05) is 13.2 Å². The van der Waals surface area contributed by atoms with Gasteiger partial charge in [0.1, 0.15) is 0 Å². The molecule has 0 radical (unpaired) electrons. The fourth-order valence-corrected chi connectivity index (χ4v) is 1.89. The Morgan fingerprint density at radius 2 is 2.05 bits per heavy atom. The normalized spacial score (nSPS) is 12.5. The number of hydrogen-bond acceptors (Lipinski definition) is 5. The summed E-state index contributed by atoms with van der Waals surface area (Å²) in [6.45, 7) is 1.84. The maximum Gasteiger partial charge on any atom is 0.0964 e. The van der Waals surface area contributed by atoms with Gasteiger partial charge in [-0.3, -0.25) is 4.68 Å². The summed E-state index contributed by atoms with van der Waals surface area (Å²) in [6, 6.07) is 9.54. The number of hydrogen-bond donors (Lipinski definition) is 3. The second-order valence-electron chi connectivity index (χ2n) is 4.61. The zero-order valence-corrected chi connectivity index (χ0v) is 11.3. The van der Waals surface area contributed by atoms with Gasteiger partial charge in [-0.15, -0.1) is 5.10 Å². The van der Waals surface area contributed by atoms with Crippen LogP contribution in [0.1, 0.15) is 23.8 Å². The summed E-state index contributed by atoms with van der Waals surface area (Å²) in [6.07, 6.45) is 1.99. The van der Waals surface area contributed by atoms with E-state index in [1.54, 1.807) is 4.68 Å². The van der Waals surface area contributed by atoms with Crippen LogP contribution in [0.25, 0.3) is 0 Å². The summed E-state index contributed by atoms with van der Waals surface area (Å²) in [5.41, 5.74) is 1.72. The van der Waals surface area contributed by atoms with Crippen LogP contribution in [-0.4, -0.2) is 38.4 Å². The first-order valence-corrected chi connectivity index (χ1v) is 6.73. The number of aromatic nitrogens is 3. The predicted octanol–water partition coefficient (Wildman–Crippen LogP) is 0.484. The third-order valence-corrected chi connectivity index (χ3v) is 2.96. The number of aliphatic hydroxyl groups excluding tert-OH is 2. The first kappa shape index (κ1) is 14.6. The molecule has 108 valence electrons. The van der Waals surface area contributed by atoms with Crippen molar-refractivity contribution in [1.29, 1.82) is 0 Å². The smallest absolute Gasteiger partial charge is 0.0964 e. The third kappa shape index (κ3) is 4.41. The fraction of sp³-hybridized carbons (Fsp3) is 0.429. The highest BCUT2D eigenvalue weighted by atomic mass is 16.3. The van der Waals surface area contributed by atoms with Gasteiger partial charge >= 0.3 is 0 Å². The number of benzene rings is 1. The highest BCUT2D eigenvalue weighted by molar-refractivity contribution is 5.17. The molecular formula is C14H20N4O2. The molecule has 0 saturated heterocycles. The molecule has 1 aromatic heterocycles. The molecule has 0 aliphatic rings. The summed E-state index contributed by atoms with van der Waals surface area (Å²) in [7, 11) is 0. The Labute approximate surface area is 118 Å². The van der Waals surface area contributed by atoms with Gasteiger partial charge in [0.15, 0.2) is 0 Å². The van der Waals surface area contributed by atoms with Gasteiger partial charge < -0.3 is 15.5 Å². The second-order valence-corrected chi connectivity index (χ2v) is 4.61. The van der Waals surface area contributed by atoms with Gasteiger partial charge in [-0.05, 0) is 12.0 Å². The average Bonchev–Trinajstić information content (AvgIpc) is 2.94. The van der Waals surface area contributed by atoms with Crippen molar-refractivity contribution in [3.05, 3.63) is 47.8 Å². The fourth-order valence-electron chi connectivity index (χ4n) is 1.89. The standard InChI is InChI=1S/C14H20N4O2/c19-8-4-7-18-11-13(16-17-18)9-15-10-14(20)12-5-2-1-3-6-12/h1-3,5-6,11,14-15,19-20H,4,7-10H2. The maximum atomic E-state index is 9.99. The van der Waals surface area contributed by atoms with E-state index in [-0.39, 0.29) is 6.61 Å². The van der Waals surface area contributed by atoms with Crippen LogP contribution in [0, 0.1) is 0 Å². The van der Waals surface area contributed by atoms with Gasteiger partial charge in [-0.1, -0.05) is 35.5 Å². The Balaban J connectivity index is 1.74. The van der Waals surface area contributed by atoms with Crippen LogP contribution in [0.2, 0.25) is 0 Å². The van der Waals surface area contributed by atoms with Crippen LogP contribution in [-0.2, 0) is 13.1 Å². The molecule has 0 amide bonds. The molecule has 20 heavy (non-hydrogen) atoms. The molecule has 2 aromatic rings. The lowest BCUT2D eigenvalue weighted by molar-refractivity contribution is 0.174. The van der Waals surface area contributed by atoms with E-state index in [1.165, 1.54) is 0 Å². The number of rotatable bonds is 8. The molecule has 1 aromatic carbocycles. The third-order valence-electron chi connectivity index (χ3n) is 2.96. The van der Waals surface area contributed by atoms with Crippen LogP contribution in [0.4, 0.5) is 0 Å². The molecule has 0 fully saturated rings. The van der Waals surface area contributed by atoms with Gasteiger partial charge in [0.2, 0.25) is 0 Å². The summed E-state index contributed by atoms with van der Waals surface area (Å²) in [5.74, 6) is 0. The monoisotopic (exact) mass is 276 g/mol. The quantitative estimate of drug-likeness (QED) is 0.653. The Kier molecular flexibility index (Phi) is 5.67. The summed E-state index contributed by atoms with van der Waals surface area (Å²) in [5, 5.41) is 29.9. The average molecular weight is 276 g/mol. The van der Waals surface area contributed by atoms with Gasteiger partial charge in [0, 0.05) is 32.4 Å². The van der Waals surface area contributed by atoms with E-state index >= 15 is 0 Å². The molecule has 6 nitrogen and oxygen atoms in total. The number of aliphatic hydroxyl groups is 2. The Hall–Kier alpha value is -1.76. The molecule has 1 atom stereocenters. The zero-order chi connectivity index (χ0) is 14.2. The molecule has 2 rings (SSSR count). The number of nitrogens with one attached hydrogen (secondary N) is 1. The van der Waals surface area contributed by atoms with Crippen molar-refractivity contribution in [1.82, 2.24) is 20.3 Å². The van der Waals surface area contributed by atoms with E-state index in [0.717, 1.165) is 11.3 Å². The minimum absolute atomic E-state index is 0.150. The van der Waals surface area contributed by atoms with Crippen molar-refractivity contribution in [3.8, 4) is 0 Å². The van der Waals surface area contributed by atoms with Gasteiger partial charge in [-0.25, -0.2) is 0 Å². The van der Waals surface area contributed by atoms with Gasteiger partial charge in [-0.2, -0.15) is 0 Å². The van der Waals surface area contributed by atoms with E-state index in [9.17, 15) is 5.11 Å². The van der Waals surface area contributed by atoms with Crippen LogP contribution < -0.4 is 5.32 Å². The lowest BCUT2D eigenvalue weighted by atomic mass is 10.1. The van der Waals surface area contributed by atoms with E-state index in [0.29, 0.717) is 26.1 Å². The van der Waals surface area contributed by atoms with E-state index in [2.05, 4.69) is 15.6 Å². The molecule has 3 N–H and O–H groups in total. The minimum Gasteiger partial charge on any atom is -0.396 e. The topological polar surface area (TPSA) is 83.2 Å². The molecule has 0 spiro atoms. The van der Waals surface area contributed by atoms with E-state index in [1.807, 2.05) is 36.5 Å². The minimum atomic E-state index is -0.527. The van der Waals surface area contributed by atoms with Crippen LogP contribution in [0.3, 0.4) is 0 Å². The van der Waals surface area contributed by atoms with Crippen molar-refractivity contribution >= 4 is 0 Å². The van der Waals surface area contributed by atoms with Crippen molar-refractivity contribution < 1.29 is 10.2 Å². The number of nitrogens with zero attached hydrogens (tertiary/aromatic N) is 3. The first-order chi connectivity index (χ1) is 9.79. The summed E-state index contributed by atoms with van der Waals surface area (Å²) >= 11 is 0. The summed E-state index contributed by atoms with van der Waals surface area (Å²) in [4.78, 5) is 0. The summed E-state index contributed by atoms with van der Waals surface area (Å²) < 4.78 is 1.71. The Bertz CT molecular complexity index is 501. The number of aryl methyl sites for hydroxylation is 1. The van der Waals surface area contributed by atoms with Crippen molar-refractivity contribution in [3.63, 3.8) is 0 Å². The maximum absolute atomic E-state index is 9.99.